The van der Waals surface area contributed by atoms with E-state index in [4.69, 9.17) is 11.6 Å². The number of allylic oxidation sites excluding steroid dienone is 1. The first-order valence-electron chi connectivity index (χ1n) is 4.50. The molecule has 0 saturated heterocycles. The Morgan fingerprint density at radius 1 is 1.53 bits per heavy atom. The number of nitrogens with zero attached hydrogens (tertiary/aromatic N) is 3. The highest BCUT2D eigenvalue weighted by Gasteiger charge is 2.10. The molecule has 0 saturated carbocycles. The lowest BCUT2D eigenvalue weighted by atomic mass is 10.4. The lowest BCUT2D eigenvalue weighted by Crippen LogP contribution is -2.00. The molecule has 2 heterocycles. The summed E-state index contributed by atoms with van der Waals surface area (Å²) in [5.74, 6) is 0. The first-order chi connectivity index (χ1) is 7.24. The first-order valence-corrected chi connectivity index (χ1v) is 5.96. The molecule has 5 heteroatoms. The normalized spacial score (nSPS) is 10.8. The van der Waals surface area contributed by atoms with Crippen molar-refractivity contribution in [3.8, 4) is 0 Å². The van der Waals surface area contributed by atoms with Crippen molar-refractivity contribution < 1.29 is 0 Å². The van der Waals surface area contributed by atoms with Gasteiger partial charge in [0, 0.05) is 6.54 Å². The molecule has 0 fully saturated rings. The monoisotopic (exact) mass is 333 g/mol. The third kappa shape index (κ3) is 2.01. The third-order valence-corrected chi connectivity index (χ3v) is 3.34. The average Bonchev–Trinajstić information content (AvgIpc) is 2.54. The van der Waals surface area contributed by atoms with Crippen LogP contribution in [0.1, 0.15) is 6.42 Å². The SMILES string of the molecule is C=CCCn1c(I)cc2c(Cl)ncnc21. The zero-order valence-electron chi connectivity index (χ0n) is 7.95. The minimum atomic E-state index is 0.510. The molecule has 0 atom stereocenters. The van der Waals surface area contributed by atoms with Gasteiger partial charge in [0.05, 0.1) is 9.09 Å². The number of fused-ring (bicyclic) bond motifs is 1. The van der Waals surface area contributed by atoms with Crippen molar-refractivity contribution in [2.45, 2.75) is 13.0 Å². The van der Waals surface area contributed by atoms with Crippen molar-refractivity contribution in [1.82, 2.24) is 14.5 Å². The van der Waals surface area contributed by atoms with Crippen LogP contribution in [0.15, 0.2) is 25.0 Å². The van der Waals surface area contributed by atoms with Crippen molar-refractivity contribution in [1.29, 1.82) is 0 Å². The van der Waals surface area contributed by atoms with Crippen LogP contribution in [0.3, 0.4) is 0 Å². The molecular formula is C10H9ClIN3. The average molecular weight is 334 g/mol. The Kier molecular flexibility index (Phi) is 3.25. The molecule has 0 N–H and O–H groups in total. The van der Waals surface area contributed by atoms with Gasteiger partial charge in [0.25, 0.3) is 0 Å². The van der Waals surface area contributed by atoms with Crippen LogP contribution in [0.4, 0.5) is 0 Å². The molecule has 0 aliphatic heterocycles. The van der Waals surface area contributed by atoms with Gasteiger partial charge in [0.15, 0.2) is 0 Å². The van der Waals surface area contributed by atoms with Crippen molar-refractivity contribution >= 4 is 45.2 Å². The van der Waals surface area contributed by atoms with Crippen LogP contribution >= 0.6 is 34.2 Å². The molecule has 0 aliphatic carbocycles. The van der Waals surface area contributed by atoms with Crippen LogP contribution < -0.4 is 0 Å². The molecule has 0 radical (unpaired) electrons. The van der Waals surface area contributed by atoms with Gasteiger partial charge in [0.2, 0.25) is 0 Å². The van der Waals surface area contributed by atoms with Crippen molar-refractivity contribution in [3.05, 3.63) is 33.9 Å². The molecule has 0 aliphatic rings. The zero-order chi connectivity index (χ0) is 10.8. The highest BCUT2D eigenvalue weighted by atomic mass is 127. The van der Waals surface area contributed by atoms with Crippen LogP contribution in [0.25, 0.3) is 11.0 Å². The summed E-state index contributed by atoms with van der Waals surface area (Å²) < 4.78 is 3.23. The van der Waals surface area contributed by atoms with Crippen molar-refractivity contribution in [3.63, 3.8) is 0 Å². The van der Waals surface area contributed by atoms with Gasteiger partial charge in [-0.1, -0.05) is 17.7 Å². The van der Waals surface area contributed by atoms with Crippen LogP contribution in [0.2, 0.25) is 5.15 Å². The number of aryl methyl sites for hydroxylation is 1. The second-order valence-corrected chi connectivity index (χ2v) is 4.56. The summed E-state index contributed by atoms with van der Waals surface area (Å²) in [6.07, 6.45) is 4.30. The predicted octanol–water partition coefficient (Wildman–Crippen LogP) is 3.27. The van der Waals surface area contributed by atoms with Crippen LogP contribution in [-0.2, 0) is 6.54 Å². The Morgan fingerprint density at radius 3 is 3.07 bits per heavy atom. The molecule has 2 aromatic rings. The summed E-state index contributed by atoms with van der Waals surface area (Å²) in [5.41, 5.74) is 0.890. The lowest BCUT2D eigenvalue weighted by Gasteiger charge is -2.03. The molecule has 3 nitrogen and oxygen atoms in total. The van der Waals surface area contributed by atoms with E-state index < -0.39 is 0 Å². The van der Waals surface area contributed by atoms with Gasteiger partial charge in [0.1, 0.15) is 17.1 Å². The van der Waals surface area contributed by atoms with Gasteiger partial charge in [-0.15, -0.1) is 6.58 Å². The van der Waals surface area contributed by atoms with Gasteiger partial charge in [-0.25, -0.2) is 9.97 Å². The smallest absolute Gasteiger partial charge is 0.145 e. The summed E-state index contributed by atoms with van der Waals surface area (Å²) in [6, 6.07) is 2.00. The molecule has 0 amide bonds. The second-order valence-electron chi connectivity index (χ2n) is 3.10. The molecule has 2 rings (SSSR count). The summed E-state index contributed by atoms with van der Waals surface area (Å²) in [6.45, 7) is 4.59. The molecule has 2 aromatic heterocycles. The minimum Gasteiger partial charge on any atom is -0.320 e. The Morgan fingerprint density at radius 2 is 2.33 bits per heavy atom. The van der Waals surface area contributed by atoms with Crippen molar-refractivity contribution in [2.24, 2.45) is 0 Å². The maximum absolute atomic E-state index is 5.99. The second kappa shape index (κ2) is 4.49. The van der Waals surface area contributed by atoms with E-state index in [0.29, 0.717) is 5.15 Å². The Labute approximate surface area is 106 Å². The zero-order valence-corrected chi connectivity index (χ0v) is 10.9. The van der Waals surface area contributed by atoms with Crippen LogP contribution in [0, 0.1) is 3.70 Å². The molecule has 0 spiro atoms. The molecule has 0 unspecified atom stereocenters. The standard InChI is InChI=1S/C10H9ClIN3/c1-2-3-4-15-8(12)5-7-9(11)13-6-14-10(7)15/h2,5-6H,1,3-4H2. The van der Waals surface area contributed by atoms with E-state index in [9.17, 15) is 0 Å². The summed E-state index contributed by atoms with van der Waals surface area (Å²) >= 11 is 8.26. The van der Waals surface area contributed by atoms with Crippen LogP contribution in [0.5, 0.6) is 0 Å². The number of aromatic nitrogens is 3. The highest BCUT2D eigenvalue weighted by Crippen LogP contribution is 2.24. The fraction of sp³-hybridized carbons (Fsp3) is 0.200. The van der Waals surface area contributed by atoms with Crippen molar-refractivity contribution in [2.75, 3.05) is 0 Å². The summed E-state index contributed by atoms with van der Waals surface area (Å²) in [7, 11) is 0. The maximum Gasteiger partial charge on any atom is 0.145 e. The van der Waals surface area contributed by atoms with E-state index in [2.05, 4.69) is 43.7 Å². The number of halogens is 2. The Balaban J connectivity index is 2.57. The van der Waals surface area contributed by atoms with Gasteiger partial charge < -0.3 is 4.57 Å². The summed E-state index contributed by atoms with van der Waals surface area (Å²) in [4.78, 5) is 8.20. The van der Waals surface area contributed by atoms with E-state index in [1.54, 1.807) is 0 Å². The molecular weight excluding hydrogens is 324 g/mol. The van der Waals surface area contributed by atoms with Gasteiger partial charge in [-0.05, 0) is 35.1 Å². The molecule has 78 valence electrons. The Hall–Kier alpha value is -0.620. The number of rotatable bonds is 3. The van der Waals surface area contributed by atoms with Gasteiger partial charge in [-0.2, -0.15) is 0 Å². The lowest BCUT2D eigenvalue weighted by molar-refractivity contribution is 0.715. The van der Waals surface area contributed by atoms with Gasteiger partial charge in [-0.3, -0.25) is 0 Å². The van der Waals surface area contributed by atoms with E-state index in [0.717, 1.165) is 27.7 Å². The third-order valence-electron chi connectivity index (χ3n) is 2.15. The Bertz CT molecular complexity index is 507. The number of hydrogen-bond acceptors (Lipinski definition) is 2. The predicted molar refractivity (Wildman–Crippen MR) is 70.1 cm³/mol. The van der Waals surface area contributed by atoms with E-state index in [1.807, 2.05) is 12.1 Å². The highest BCUT2D eigenvalue weighted by molar-refractivity contribution is 14.1. The fourth-order valence-electron chi connectivity index (χ4n) is 1.44. The molecule has 15 heavy (non-hydrogen) atoms. The maximum atomic E-state index is 5.99. The van der Waals surface area contributed by atoms with E-state index in [1.165, 1.54) is 6.33 Å². The molecule has 0 aromatic carbocycles. The van der Waals surface area contributed by atoms with E-state index in [-0.39, 0.29) is 0 Å². The largest absolute Gasteiger partial charge is 0.320 e. The van der Waals surface area contributed by atoms with Crippen LogP contribution in [-0.4, -0.2) is 14.5 Å². The molecule has 0 bridgehead atoms. The number of hydrogen-bond donors (Lipinski definition) is 0. The minimum absolute atomic E-state index is 0.510. The first kappa shape index (κ1) is 10.9. The summed E-state index contributed by atoms with van der Waals surface area (Å²) in [5, 5.41) is 1.42. The quantitative estimate of drug-likeness (QED) is 0.490. The van der Waals surface area contributed by atoms with Gasteiger partial charge >= 0.3 is 0 Å². The topological polar surface area (TPSA) is 30.7 Å². The fourth-order valence-corrected chi connectivity index (χ4v) is 2.40. The van der Waals surface area contributed by atoms with E-state index >= 15 is 0 Å².